The molecule has 0 saturated carbocycles. The normalized spacial score (nSPS) is 15.7. The Balaban J connectivity index is 0.00000162. The predicted molar refractivity (Wildman–Crippen MR) is 81.9 cm³/mol. The Kier molecular flexibility index (Phi) is 6.51. The van der Waals surface area contributed by atoms with Crippen molar-refractivity contribution in [1.29, 1.82) is 0 Å². The van der Waals surface area contributed by atoms with E-state index >= 15 is 0 Å². The zero-order valence-electron chi connectivity index (χ0n) is 11.5. The first-order valence-electron chi connectivity index (χ1n) is 6.82. The Hall–Kier alpha value is -0.730. The van der Waals surface area contributed by atoms with Crippen molar-refractivity contribution in [2.75, 3.05) is 31.5 Å². The van der Waals surface area contributed by atoms with Crippen LogP contribution in [0.3, 0.4) is 0 Å². The average molecular weight is 269 g/mol. The Bertz CT molecular complexity index is 346. The standard InChI is InChI=1S/C15H24N2.ClH/c1-13(2)14-7-3-4-8-15(14)16-9-12-17-10-5-6-11-17;/h3-4,7-8,13,16H,5-6,9-12H2,1-2H3;1H. The first-order chi connectivity index (χ1) is 8.27. The average Bonchev–Trinajstić information content (AvgIpc) is 2.82. The van der Waals surface area contributed by atoms with E-state index in [2.05, 4.69) is 48.3 Å². The van der Waals surface area contributed by atoms with Crippen molar-refractivity contribution in [2.45, 2.75) is 32.6 Å². The highest BCUT2D eigenvalue weighted by atomic mass is 35.5. The molecule has 0 spiro atoms. The molecule has 18 heavy (non-hydrogen) atoms. The van der Waals surface area contributed by atoms with Crippen molar-refractivity contribution in [3.05, 3.63) is 29.8 Å². The third-order valence-electron chi connectivity index (χ3n) is 3.52. The number of benzene rings is 1. The third kappa shape index (κ3) is 4.18. The maximum atomic E-state index is 3.58. The van der Waals surface area contributed by atoms with Gasteiger partial charge in [0.05, 0.1) is 0 Å². The van der Waals surface area contributed by atoms with Crippen molar-refractivity contribution in [2.24, 2.45) is 0 Å². The highest BCUT2D eigenvalue weighted by Gasteiger charge is 2.11. The summed E-state index contributed by atoms with van der Waals surface area (Å²) in [7, 11) is 0. The second kappa shape index (κ2) is 7.65. The largest absolute Gasteiger partial charge is 0.384 e. The predicted octanol–water partition coefficient (Wildman–Crippen LogP) is 3.74. The van der Waals surface area contributed by atoms with Crippen LogP contribution in [0, 0.1) is 0 Å². The molecule has 2 rings (SSSR count). The molecule has 0 unspecified atom stereocenters. The Morgan fingerprint density at radius 3 is 2.50 bits per heavy atom. The summed E-state index contributed by atoms with van der Waals surface area (Å²) in [4.78, 5) is 2.55. The Morgan fingerprint density at radius 2 is 1.83 bits per heavy atom. The van der Waals surface area contributed by atoms with Gasteiger partial charge >= 0.3 is 0 Å². The van der Waals surface area contributed by atoms with Crippen LogP contribution >= 0.6 is 12.4 Å². The third-order valence-corrected chi connectivity index (χ3v) is 3.52. The van der Waals surface area contributed by atoms with E-state index in [4.69, 9.17) is 0 Å². The van der Waals surface area contributed by atoms with E-state index in [0.29, 0.717) is 5.92 Å². The second-order valence-corrected chi connectivity index (χ2v) is 5.22. The summed E-state index contributed by atoms with van der Waals surface area (Å²) < 4.78 is 0. The number of rotatable bonds is 5. The minimum atomic E-state index is 0. The van der Waals surface area contributed by atoms with Gasteiger partial charge in [-0.2, -0.15) is 0 Å². The van der Waals surface area contributed by atoms with Gasteiger partial charge in [-0.05, 0) is 43.5 Å². The summed E-state index contributed by atoms with van der Waals surface area (Å²) in [5.41, 5.74) is 2.73. The van der Waals surface area contributed by atoms with Gasteiger partial charge in [-0.3, -0.25) is 0 Å². The summed E-state index contributed by atoms with van der Waals surface area (Å²) in [6, 6.07) is 8.66. The van der Waals surface area contributed by atoms with Crippen LogP contribution in [0.25, 0.3) is 0 Å². The summed E-state index contributed by atoms with van der Waals surface area (Å²) in [6.45, 7) is 9.30. The minimum absolute atomic E-state index is 0. The number of para-hydroxylation sites is 1. The summed E-state index contributed by atoms with van der Waals surface area (Å²) in [5.74, 6) is 0.588. The zero-order chi connectivity index (χ0) is 12.1. The van der Waals surface area contributed by atoms with Gasteiger partial charge in [-0.1, -0.05) is 32.0 Å². The number of nitrogens with zero attached hydrogens (tertiary/aromatic N) is 1. The van der Waals surface area contributed by atoms with Crippen molar-refractivity contribution < 1.29 is 0 Å². The van der Waals surface area contributed by atoms with Crippen LogP contribution in [-0.2, 0) is 0 Å². The maximum absolute atomic E-state index is 3.58. The fourth-order valence-electron chi connectivity index (χ4n) is 2.52. The molecule has 0 aliphatic carbocycles. The lowest BCUT2D eigenvalue weighted by atomic mass is 10.0. The topological polar surface area (TPSA) is 15.3 Å². The smallest absolute Gasteiger partial charge is 0.0375 e. The van der Waals surface area contributed by atoms with Gasteiger partial charge in [-0.25, -0.2) is 0 Å². The molecule has 0 bridgehead atoms. The lowest BCUT2D eigenvalue weighted by Crippen LogP contribution is -2.26. The van der Waals surface area contributed by atoms with Gasteiger partial charge in [0, 0.05) is 18.8 Å². The summed E-state index contributed by atoms with van der Waals surface area (Å²) in [5, 5.41) is 3.58. The van der Waals surface area contributed by atoms with E-state index in [-0.39, 0.29) is 12.4 Å². The molecule has 1 aliphatic heterocycles. The molecule has 1 heterocycles. The SMILES string of the molecule is CC(C)c1ccccc1NCCN1CCCC1.Cl. The molecule has 102 valence electrons. The molecule has 1 aliphatic rings. The van der Waals surface area contributed by atoms with Crippen LogP contribution in [0.5, 0.6) is 0 Å². The van der Waals surface area contributed by atoms with Crippen molar-refractivity contribution in [1.82, 2.24) is 4.90 Å². The number of anilines is 1. The van der Waals surface area contributed by atoms with Gasteiger partial charge < -0.3 is 10.2 Å². The molecular weight excluding hydrogens is 244 g/mol. The minimum Gasteiger partial charge on any atom is -0.384 e. The van der Waals surface area contributed by atoms with Crippen molar-refractivity contribution in [3.8, 4) is 0 Å². The van der Waals surface area contributed by atoms with Crippen LogP contribution in [0.2, 0.25) is 0 Å². The van der Waals surface area contributed by atoms with E-state index in [9.17, 15) is 0 Å². The first kappa shape index (κ1) is 15.3. The molecule has 1 fully saturated rings. The lowest BCUT2D eigenvalue weighted by Gasteiger charge is -2.18. The van der Waals surface area contributed by atoms with Gasteiger partial charge in [0.2, 0.25) is 0 Å². The van der Waals surface area contributed by atoms with Crippen LogP contribution < -0.4 is 5.32 Å². The zero-order valence-corrected chi connectivity index (χ0v) is 12.3. The molecule has 0 atom stereocenters. The highest BCUT2D eigenvalue weighted by molar-refractivity contribution is 5.85. The summed E-state index contributed by atoms with van der Waals surface area (Å²) in [6.07, 6.45) is 2.76. The molecule has 0 radical (unpaired) electrons. The molecule has 1 saturated heterocycles. The quantitative estimate of drug-likeness (QED) is 0.875. The number of nitrogens with one attached hydrogen (secondary N) is 1. The lowest BCUT2D eigenvalue weighted by molar-refractivity contribution is 0.352. The van der Waals surface area contributed by atoms with E-state index in [1.807, 2.05) is 0 Å². The Labute approximate surface area is 117 Å². The number of hydrogen-bond acceptors (Lipinski definition) is 2. The van der Waals surface area contributed by atoms with Crippen LogP contribution in [0.4, 0.5) is 5.69 Å². The first-order valence-corrected chi connectivity index (χ1v) is 6.82. The van der Waals surface area contributed by atoms with E-state index in [0.717, 1.165) is 6.54 Å². The fraction of sp³-hybridized carbons (Fsp3) is 0.600. The van der Waals surface area contributed by atoms with Gasteiger partial charge in [0.25, 0.3) is 0 Å². The monoisotopic (exact) mass is 268 g/mol. The van der Waals surface area contributed by atoms with Crippen LogP contribution in [0.15, 0.2) is 24.3 Å². The number of halogens is 1. The molecule has 0 aromatic heterocycles. The number of hydrogen-bond donors (Lipinski definition) is 1. The Morgan fingerprint density at radius 1 is 1.17 bits per heavy atom. The molecule has 1 N–H and O–H groups in total. The highest BCUT2D eigenvalue weighted by Crippen LogP contribution is 2.23. The molecule has 3 heteroatoms. The van der Waals surface area contributed by atoms with E-state index < -0.39 is 0 Å². The van der Waals surface area contributed by atoms with Crippen LogP contribution in [0.1, 0.15) is 38.2 Å². The summed E-state index contributed by atoms with van der Waals surface area (Å²) >= 11 is 0. The van der Waals surface area contributed by atoms with Gasteiger partial charge in [0.1, 0.15) is 0 Å². The van der Waals surface area contributed by atoms with Gasteiger partial charge in [0.15, 0.2) is 0 Å². The van der Waals surface area contributed by atoms with E-state index in [1.165, 1.54) is 43.7 Å². The molecule has 1 aromatic carbocycles. The molecule has 1 aromatic rings. The maximum Gasteiger partial charge on any atom is 0.0375 e. The number of likely N-dealkylation sites (tertiary alicyclic amines) is 1. The van der Waals surface area contributed by atoms with Gasteiger partial charge in [-0.15, -0.1) is 12.4 Å². The van der Waals surface area contributed by atoms with Crippen molar-refractivity contribution in [3.63, 3.8) is 0 Å². The molecule has 2 nitrogen and oxygen atoms in total. The van der Waals surface area contributed by atoms with Crippen molar-refractivity contribution >= 4 is 18.1 Å². The molecule has 0 amide bonds. The fourth-order valence-corrected chi connectivity index (χ4v) is 2.52. The second-order valence-electron chi connectivity index (χ2n) is 5.22. The molecular formula is C15H25ClN2. The van der Waals surface area contributed by atoms with Crippen LogP contribution in [-0.4, -0.2) is 31.1 Å². The van der Waals surface area contributed by atoms with E-state index in [1.54, 1.807) is 0 Å².